The van der Waals surface area contributed by atoms with Crippen LogP contribution < -0.4 is 10.5 Å². The van der Waals surface area contributed by atoms with E-state index in [1.807, 2.05) is 18.2 Å². The van der Waals surface area contributed by atoms with Gasteiger partial charge in [-0.05, 0) is 30.2 Å². The van der Waals surface area contributed by atoms with Crippen LogP contribution in [-0.4, -0.2) is 12.6 Å². The SMILES string of the molecule is Cl.NC1COc2ccc(Cl)cc2C1. The molecule has 0 amide bonds. The lowest BCUT2D eigenvalue weighted by Gasteiger charge is -2.22. The summed E-state index contributed by atoms with van der Waals surface area (Å²) in [5.74, 6) is 0.918. The maximum atomic E-state index is 5.83. The number of fused-ring (bicyclic) bond motifs is 1. The van der Waals surface area contributed by atoms with E-state index < -0.39 is 0 Å². The van der Waals surface area contributed by atoms with Gasteiger partial charge >= 0.3 is 0 Å². The number of benzene rings is 1. The van der Waals surface area contributed by atoms with E-state index in [2.05, 4.69) is 0 Å². The molecule has 0 spiro atoms. The minimum absolute atomic E-state index is 0. The van der Waals surface area contributed by atoms with Gasteiger partial charge in [0.2, 0.25) is 0 Å². The van der Waals surface area contributed by atoms with Crippen molar-refractivity contribution >= 4 is 24.0 Å². The number of halogens is 2. The molecule has 1 unspecified atom stereocenters. The normalized spacial score (nSPS) is 19.7. The summed E-state index contributed by atoms with van der Waals surface area (Å²) in [4.78, 5) is 0. The standard InChI is InChI=1S/C9H10ClNO.ClH/c10-7-1-2-9-6(3-7)4-8(11)5-12-9;/h1-3,8H,4-5,11H2;1H. The Bertz CT molecular complexity index is 304. The summed E-state index contributed by atoms with van der Waals surface area (Å²) in [6.45, 7) is 0.606. The van der Waals surface area contributed by atoms with E-state index in [1.54, 1.807) is 0 Å². The van der Waals surface area contributed by atoms with Crippen LogP contribution in [0.3, 0.4) is 0 Å². The van der Waals surface area contributed by atoms with Crippen LogP contribution >= 0.6 is 24.0 Å². The second-order valence-corrected chi connectivity index (χ2v) is 3.46. The van der Waals surface area contributed by atoms with Gasteiger partial charge in [-0.15, -0.1) is 12.4 Å². The van der Waals surface area contributed by atoms with Gasteiger partial charge in [-0.25, -0.2) is 0 Å². The van der Waals surface area contributed by atoms with Crippen LogP contribution in [0.5, 0.6) is 5.75 Å². The van der Waals surface area contributed by atoms with Gasteiger partial charge in [0.1, 0.15) is 12.4 Å². The maximum Gasteiger partial charge on any atom is 0.122 e. The zero-order valence-corrected chi connectivity index (χ0v) is 8.57. The van der Waals surface area contributed by atoms with Crippen LogP contribution in [-0.2, 0) is 6.42 Å². The second kappa shape index (κ2) is 4.18. The van der Waals surface area contributed by atoms with Gasteiger partial charge in [0.25, 0.3) is 0 Å². The van der Waals surface area contributed by atoms with Crippen LogP contribution in [0.15, 0.2) is 18.2 Å². The molecule has 2 rings (SSSR count). The van der Waals surface area contributed by atoms with Gasteiger partial charge in [0.05, 0.1) is 0 Å². The highest BCUT2D eigenvalue weighted by molar-refractivity contribution is 6.30. The summed E-state index contributed by atoms with van der Waals surface area (Å²) in [6, 6.07) is 5.74. The molecular weight excluding hydrogens is 209 g/mol. The molecule has 0 fully saturated rings. The lowest BCUT2D eigenvalue weighted by Crippen LogP contribution is -2.33. The van der Waals surface area contributed by atoms with Crippen LogP contribution in [0.4, 0.5) is 0 Å². The molecule has 0 saturated carbocycles. The van der Waals surface area contributed by atoms with Crippen LogP contribution in [0.2, 0.25) is 5.02 Å². The molecule has 0 aromatic heterocycles. The van der Waals surface area contributed by atoms with Crippen LogP contribution in [0, 0.1) is 0 Å². The zero-order valence-electron chi connectivity index (χ0n) is 7.00. The van der Waals surface area contributed by atoms with Crippen molar-refractivity contribution in [1.82, 2.24) is 0 Å². The van der Waals surface area contributed by atoms with Gasteiger partial charge in [0, 0.05) is 11.1 Å². The van der Waals surface area contributed by atoms with Crippen molar-refractivity contribution in [3.63, 3.8) is 0 Å². The Kier molecular flexibility index (Phi) is 3.42. The molecule has 1 aromatic rings. The van der Waals surface area contributed by atoms with Crippen molar-refractivity contribution in [3.8, 4) is 5.75 Å². The molecule has 1 heterocycles. The quantitative estimate of drug-likeness (QED) is 0.725. The lowest BCUT2D eigenvalue weighted by molar-refractivity contribution is 0.263. The smallest absolute Gasteiger partial charge is 0.122 e. The first-order valence-corrected chi connectivity index (χ1v) is 4.30. The molecule has 2 N–H and O–H groups in total. The number of hydrogen-bond donors (Lipinski definition) is 1. The lowest BCUT2D eigenvalue weighted by atomic mass is 10.0. The van der Waals surface area contributed by atoms with Crippen molar-refractivity contribution in [2.75, 3.05) is 6.61 Å². The maximum absolute atomic E-state index is 5.83. The molecule has 0 saturated heterocycles. The molecule has 13 heavy (non-hydrogen) atoms. The van der Waals surface area contributed by atoms with Gasteiger partial charge in [-0.1, -0.05) is 11.6 Å². The van der Waals surface area contributed by atoms with Crippen molar-refractivity contribution < 1.29 is 4.74 Å². The molecule has 72 valence electrons. The third-order valence-electron chi connectivity index (χ3n) is 1.96. The first-order chi connectivity index (χ1) is 5.75. The van der Waals surface area contributed by atoms with E-state index in [9.17, 15) is 0 Å². The molecule has 1 aliphatic rings. The fourth-order valence-corrected chi connectivity index (χ4v) is 1.58. The Morgan fingerprint density at radius 3 is 3.00 bits per heavy atom. The van der Waals surface area contributed by atoms with E-state index in [4.69, 9.17) is 22.1 Å². The minimum Gasteiger partial charge on any atom is -0.492 e. The molecule has 1 aromatic carbocycles. The summed E-state index contributed by atoms with van der Waals surface area (Å²) in [6.07, 6.45) is 0.857. The van der Waals surface area contributed by atoms with E-state index in [0.29, 0.717) is 6.61 Å². The average molecular weight is 220 g/mol. The summed E-state index contributed by atoms with van der Waals surface area (Å²) < 4.78 is 5.41. The Labute approximate surface area is 88.4 Å². The fraction of sp³-hybridized carbons (Fsp3) is 0.333. The Morgan fingerprint density at radius 2 is 2.23 bits per heavy atom. The zero-order chi connectivity index (χ0) is 8.55. The predicted molar refractivity (Wildman–Crippen MR) is 55.9 cm³/mol. The highest BCUT2D eigenvalue weighted by atomic mass is 35.5. The van der Waals surface area contributed by atoms with Gasteiger partial charge < -0.3 is 10.5 Å². The molecular formula is C9H11Cl2NO. The average Bonchev–Trinajstić information content (AvgIpc) is 2.03. The van der Waals surface area contributed by atoms with Crippen LogP contribution in [0.1, 0.15) is 5.56 Å². The first kappa shape index (κ1) is 10.6. The molecule has 1 aliphatic heterocycles. The number of nitrogens with two attached hydrogens (primary N) is 1. The monoisotopic (exact) mass is 219 g/mol. The van der Waals surface area contributed by atoms with E-state index in [0.717, 1.165) is 22.8 Å². The van der Waals surface area contributed by atoms with Crippen molar-refractivity contribution in [3.05, 3.63) is 28.8 Å². The molecule has 0 aliphatic carbocycles. The van der Waals surface area contributed by atoms with Gasteiger partial charge in [-0.3, -0.25) is 0 Å². The van der Waals surface area contributed by atoms with Gasteiger partial charge in [-0.2, -0.15) is 0 Å². The number of hydrogen-bond acceptors (Lipinski definition) is 2. The largest absolute Gasteiger partial charge is 0.492 e. The highest BCUT2D eigenvalue weighted by Crippen LogP contribution is 2.26. The van der Waals surface area contributed by atoms with Crippen molar-refractivity contribution in [2.24, 2.45) is 5.73 Å². The topological polar surface area (TPSA) is 35.2 Å². The molecule has 1 atom stereocenters. The Hall–Kier alpha value is -0.440. The summed E-state index contributed by atoms with van der Waals surface area (Å²) >= 11 is 5.83. The number of ether oxygens (including phenoxy) is 1. The van der Waals surface area contributed by atoms with E-state index in [-0.39, 0.29) is 18.4 Å². The third-order valence-corrected chi connectivity index (χ3v) is 2.19. The minimum atomic E-state index is 0. The highest BCUT2D eigenvalue weighted by Gasteiger charge is 2.15. The molecule has 0 bridgehead atoms. The van der Waals surface area contributed by atoms with Crippen molar-refractivity contribution in [1.29, 1.82) is 0 Å². The summed E-state index contributed by atoms with van der Waals surface area (Å²) in [5.41, 5.74) is 6.84. The van der Waals surface area contributed by atoms with E-state index >= 15 is 0 Å². The van der Waals surface area contributed by atoms with E-state index in [1.165, 1.54) is 0 Å². The molecule has 4 heteroatoms. The Balaban J connectivity index is 0.000000845. The summed E-state index contributed by atoms with van der Waals surface area (Å²) in [5, 5.41) is 0.742. The predicted octanol–water partition coefficient (Wildman–Crippen LogP) is 2.02. The second-order valence-electron chi connectivity index (χ2n) is 3.03. The Morgan fingerprint density at radius 1 is 1.46 bits per heavy atom. The third kappa shape index (κ3) is 2.27. The fourth-order valence-electron chi connectivity index (χ4n) is 1.39. The van der Waals surface area contributed by atoms with Gasteiger partial charge in [0.15, 0.2) is 0 Å². The van der Waals surface area contributed by atoms with Crippen molar-refractivity contribution in [2.45, 2.75) is 12.5 Å². The molecule has 2 nitrogen and oxygen atoms in total. The van der Waals surface area contributed by atoms with Crippen LogP contribution in [0.25, 0.3) is 0 Å². The summed E-state index contributed by atoms with van der Waals surface area (Å²) in [7, 11) is 0. The molecule has 0 radical (unpaired) electrons. The first-order valence-electron chi connectivity index (χ1n) is 3.92. The number of rotatable bonds is 0.